The molecule has 0 aromatic heterocycles. The van der Waals surface area contributed by atoms with Gasteiger partial charge in [0.2, 0.25) is 0 Å². The van der Waals surface area contributed by atoms with Crippen LogP contribution in [0.4, 0.5) is 0 Å². The fourth-order valence-electron chi connectivity index (χ4n) is 0.405. The molecule has 3 heteroatoms. The summed E-state index contributed by atoms with van der Waals surface area (Å²) in [7, 11) is 0. The van der Waals surface area contributed by atoms with Crippen LogP contribution < -0.4 is 5.73 Å². The van der Waals surface area contributed by atoms with Crippen molar-refractivity contribution in [2.75, 3.05) is 13.2 Å². The number of hydrogen-bond acceptors (Lipinski definition) is 3. The molecule has 0 aromatic carbocycles. The molecule has 0 aliphatic heterocycles. The van der Waals surface area contributed by atoms with Gasteiger partial charge >= 0.3 is 5.97 Å². The van der Waals surface area contributed by atoms with Crippen molar-refractivity contribution in [1.82, 2.24) is 0 Å². The summed E-state index contributed by atoms with van der Waals surface area (Å²) < 4.78 is 4.43. The molecular weight excluding hydrogens is 154 g/mol. The average Bonchev–Trinajstić information content (AvgIpc) is 2.07. The maximum Gasteiger partial charge on any atom is 0.330 e. The minimum Gasteiger partial charge on any atom is -0.463 e. The first-order chi connectivity index (χ1) is 5.72. The van der Waals surface area contributed by atoms with Gasteiger partial charge in [-0.15, -0.1) is 0 Å². The van der Waals surface area contributed by atoms with Crippen molar-refractivity contribution in [2.24, 2.45) is 5.73 Å². The Morgan fingerprint density at radius 2 is 2.17 bits per heavy atom. The zero-order chi connectivity index (χ0) is 9.82. The van der Waals surface area contributed by atoms with Gasteiger partial charge in [0.05, 0.1) is 6.61 Å². The van der Waals surface area contributed by atoms with Crippen molar-refractivity contribution >= 4 is 5.97 Å². The molecule has 0 fully saturated rings. The summed E-state index contributed by atoms with van der Waals surface area (Å²) >= 11 is 0. The second-order valence-corrected chi connectivity index (χ2v) is 2.10. The summed E-state index contributed by atoms with van der Waals surface area (Å²) in [6.45, 7) is 8.35. The highest BCUT2D eigenvalue weighted by atomic mass is 16.5. The highest BCUT2D eigenvalue weighted by molar-refractivity contribution is 5.81. The molecule has 12 heavy (non-hydrogen) atoms. The summed E-state index contributed by atoms with van der Waals surface area (Å²) in [5, 5.41) is 0. The van der Waals surface area contributed by atoms with E-state index in [-0.39, 0.29) is 5.97 Å². The lowest BCUT2D eigenvalue weighted by molar-refractivity contribution is -0.137. The Hall–Kier alpha value is -0.830. The minimum atomic E-state index is -0.359. The molecule has 0 aromatic rings. The lowest BCUT2D eigenvalue weighted by Crippen LogP contribution is -1.97. The summed E-state index contributed by atoms with van der Waals surface area (Å²) in [6, 6.07) is 0. The van der Waals surface area contributed by atoms with Gasteiger partial charge in [-0.25, -0.2) is 4.79 Å². The van der Waals surface area contributed by atoms with Crippen LogP contribution in [0.3, 0.4) is 0 Å². The molecule has 0 rings (SSSR count). The van der Waals surface area contributed by atoms with Crippen LogP contribution in [0.1, 0.15) is 26.7 Å². The largest absolute Gasteiger partial charge is 0.463 e. The van der Waals surface area contributed by atoms with Gasteiger partial charge in [-0.3, -0.25) is 0 Å². The molecule has 0 heterocycles. The second-order valence-electron chi connectivity index (χ2n) is 2.10. The van der Waals surface area contributed by atoms with Crippen LogP contribution in [0.2, 0.25) is 0 Å². The van der Waals surface area contributed by atoms with Gasteiger partial charge in [-0.1, -0.05) is 19.9 Å². The zero-order valence-electron chi connectivity index (χ0n) is 8.01. The molecule has 0 aliphatic rings. The maximum absolute atomic E-state index is 10.1. The van der Waals surface area contributed by atoms with Gasteiger partial charge < -0.3 is 10.5 Å². The number of carbonyl (C=O) groups excluding carboxylic acids is 1. The molecule has 0 saturated heterocycles. The van der Waals surface area contributed by atoms with E-state index in [4.69, 9.17) is 5.73 Å². The third-order valence-corrected chi connectivity index (χ3v) is 1.01. The number of ether oxygens (including phenoxy) is 1. The van der Waals surface area contributed by atoms with E-state index in [2.05, 4.69) is 18.2 Å². The molecule has 0 atom stereocenters. The van der Waals surface area contributed by atoms with Crippen LogP contribution in [0.5, 0.6) is 0 Å². The molecule has 0 saturated carbocycles. The van der Waals surface area contributed by atoms with Gasteiger partial charge in [0.15, 0.2) is 0 Å². The van der Waals surface area contributed by atoms with Crippen LogP contribution >= 0.6 is 0 Å². The minimum absolute atomic E-state index is 0.359. The molecular formula is C9H19NO2. The number of carbonyl (C=O) groups is 1. The monoisotopic (exact) mass is 173 g/mol. The lowest BCUT2D eigenvalue weighted by Gasteiger charge is -1.90. The third kappa shape index (κ3) is 16.1. The lowest BCUT2D eigenvalue weighted by atomic mass is 10.3. The smallest absolute Gasteiger partial charge is 0.330 e. The predicted molar refractivity (Wildman–Crippen MR) is 50.8 cm³/mol. The zero-order valence-corrected chi connectivity index (χ0v) is 8.01. The molecule has 0 aliphatic carbocycles. The van der Waals surface area contributed by atoms with E-state index in [1.54, 1.807) is 6.92 Å². The van der Waals surface area contributed by atoms with E-state index in [0.717, 1.165) is 12.6 Å². The van der Waals surface area contributed by atoms with E-state index >= 15 is 0 Å². The van der Waals surface area contributed by atoms with Crippen molar-refractivity contribution in [2.45, 2.75) is 26.7 Å². The van der Waals surface area contributed by atoms with Crippen LogP contribution in [0.15, 0.2) is 12.7 Å². The number of nitrogens with two attached hydrogens (primary N) is 1. The van der Waals surface area contributed by atoms with Gasteiger partial charge in [-0.2, -0.15) is 0 Å². The van der Waals surface area contributed by atoms with E-state index < -0.39 is 0 Å². The van der Waals surface area contributed by atoms with Crippen LogP contribution in [0, 0.1) is 0 Å². The van der Waals surface area contributed by atoms with E-state index in [9.17, 15) is 4.79 Å². The van der Waals surface area contributed by atoms with Crippen molar-refractivity contribution in [1.29, 1.82) is 0 Å². The van der Waals surface area contributed by atoms with Gasteiger partial charge in [0, 0.05) is 6.08 Å². The number of esters is 1. The SMILES string of the molecule is C=CC(=O)OCC.CCCCN. The molecule has 0 radical (unpaired) electrons. The summed E-state index contributed by atoms with van der Waals surface area (Å²) in [6.07, 6.45) is 3.53. The predicted octanol–water partition coefficient (Wildman–Crippen LogP) is 1.48. The van der Waals surface area contributed by atoms with Crippen LogP contribution in [-0.4, -0.2) is 19.1 Å². The second kappa shape index (κ2) is 12.8. The van der Waals surface area contributed by atoms with Crippen molar-refractivity contribution in [3.8, 4) is 0 Å². The highest BCUT2D eigenvalue weighted by Gasteiger charge is 1.86. The quantitative estimate of drug-likeness (QED) is 0.517. The Labute approximate surface area is 74.6 Å². The fourth-order valence-corrected chi connectivity index (χ4v) is 0.405. The number of rotatable bonds is 4. The molecule has 0 amide bonds. The molecule has 2 N–H and O–H groups in total. The molecule has 0 bridgehead atoms. The van der Waals surface area contributed by atoms with E-state index in [1.165, 1.54) is 12.8 Å². The van der Waals surface area contributed by atoms with Crippen molar-refractivity contribution < 1.29 is 9.53 Å². The summed E-state index contributed by atoms with van der Waals surface area (Å²) in [4.78, 5) is 10.1. The average molecular weight is 173 g/mol. The first-order valence-electron chi connectivity index (χ1n) is 4.22. The summed E-state index contributed by atoms with van der Waals surface area (Å²) in [5.41, 5.74) is 5.14. The first-order valence-corrected chi connectivity index (χ1v) is 4.22. The Balaban J connectivity index is 0. The molecule has 0 unspecified atom stereocenters. The summed E-state index contributed by atoms with van der Waals surface area (Å²) in [5.74, 6) is -0.359. The van der Waals surface area contributed by atoms with Crippen molar-refractivity contribution in [3.05, 3.63) is 12.7 Å². The number of hydrogen-bond donors (Lipinski definition) is 1. The van der Waals surface area contributed by atoms with Gasteiger partial charge in [-0.05, 0) is 19.9 Å². The van der Waals surface area contributed by atoms with Crippen molar-refractivity contribution in [3.63, 3.8) is 0 Å². The maximum atomic E-state index is 10.1. The Bertz CT molecular complexity index is 111. The molecule has 72 valence electrons. The Kier molecular flexibility index (Phi) is 14.7. The van der Waals surface area contributed by atoms with Gasteiger partial charge in [0.1, 0.15) is 0 Å². The van der Waals surface area contributed by atoms with E-state index in [0.29, 0.717) is 6.61 Å². The standard InChI is InChI=1S/C5H8O2.C4H11N/c1-3-5(6)7-4-2;1-2-3-4-5/h3H,1,4H2,2H3;2-5H2,1H3. The van der Waals surface area contributed by atoms with E-state index in [1.807, 2.05) is 0 Å². The van der Waals surface area contributed by atoms with Crippen LogP contribution in [-0.2, 0) is 9.53 Å². The van der Waals surface area contributed by atoms with Gasteiger partial charge in [0.25, 0.3) is 0 Å². The Morgan fingerprint density at radius 1 is 1.58 bits per heavy atom. The Morgan fingerprint density at radius 3 is 2.25 bits per heavy atom. The molecule has 0 spiro atoms. The molecule has 3 nitrogen and oxygen atoms in total. The topological polar surface area (TPSA) is 52.3 Å². The van der Waals surface area contributed by atoms with Crippen LogP contribution in [0.25, 0.3) is 0 Å². The first kappa shape index (κ1) is 13.7. The fraction of sp³-hybridized carbons (Fsp3) is 0.667. The highest BCUT2D eigenvalue weighted by Crippen LogP contribution is 1.77. The normalized spacial score (nSPS) is 7.92. The number of unbranched alkanes of at least 4 members (excludes halogenated alkanes) is 1. The third-order valence-electron chi connectivity index (χ3n) is 1.01.